The molecule has 4 nitrogen and oxygen atoms in total. The first-order valence-electron chi connectivity index (χ1n) is 7.05. The van der Waals surface area contributed by atoms with Crippen LogP contribution in [-0.4, -0.2) is 37.0 Å². The van der Waals surface area contributed by atoms with E-state index in [9.17, 15) is 9.59 Å². The molecule has 0 rings (SSSR count). The van der Waals surface area contributed by atoms with Crippen molar-refractivity contribution < 1.29 is 14.3 Å². The summed E-state index contributed by atoms with van der Waals surface area (Å²) in [6, 6.07) is 0. The molecule has 0 N–H and O–H groups in total. The molecule has 0 aliphatic heterocycles. The van der Waals surface area contributed by atoms with Crippen molar-refractivity contribution >= 4 is 11.9 Å². The molecule has 0 saturated heterocycles. The summed E-state index contributed by atoms with van der Waals surface area (Å²) in [6.45, 7) is 14.8. The molecule has 0 fully saturated rings. The Labute approximate surface area is 128 Å². The summed E-state index contributed by atoms with van der Waals surface area (Å²) < 4.78 is 5.39. The molecule has 0 spiro atoms. The van der Waals surface area contributed by atoms with Crippen molar-refractivity contribution in [1.29, 1.82) is 0 Å². The molecule has 1 unspecified atom stereocenters. The van der Waals surface area contributed by atoms with Gasteiger partial charge in [-0.2, -0.15) is 0 Å². The van der Waals surface area contributed by atoms with E-state index in [4.69, 9.17) is 4.74 Å². The van der Waals surface area contributed by atoms with Crippen molar-refractivity contribution in [3.05, 3.63) is 36.5 Å². The van der Waals surface area contributed by atoms with Gasteiger partial charge < -0.3 is 9.64 Å². The van der Waals surface area contributed by atoms with Crippen molar-refractivity contribution in [1.82, 2.24) is 4.90 Å². The van der Waals surface area contributed by atoms with E-state index in [1.807, 2.05) is 6.92 Å². The molecule has 0 aliphatic rings. The van der Waals surface area contributed by atoms with Crippen molar-refractivity contribution in [2.45, 2.75) is 45.6 Å². The first-order valence-corrected chi connectivity index (χ1v) is 7.05. The van der Waals surface area contributed by atoms with Crippen LogP contribution >= 0.6 is 0 Å². The molecule has 21 heavy (non-hydrogen) atoms. The van der Waals surface area contributed by atoms with Crippen LogP contribution in [0.2, 0.25) is 0 Å². The minimum atomic E-state index is -0.418. The number of carbonyl (C=O) groups is 2. The van der Waals surface area contributed by atoms with Gasteiger partial charge in [0.15, 0.2) is 0 Å². The third-order valence-electron chi connectivity index (χ3n) is 3.17. The molecule has 0 aromatic heterocycles. The molecule has 0 aromatic carbocycles. The highest BCUT2D eigenvalue weighted by molar-refractivity contribution is 5.87. The summed E-state index contributed by atoms with van der Waals surface area (Å²) in [4.78, 5) is 24.8. The molecule has 1 atom stereocenters. The van der Waals surface area contributed by atoms with E-state index in [0.717, 1.165) is 11.1 Å². The summed E-state index contributed by atoms with van der Waals surface area (Å²) in [7, 11) is 3.42. The Bertz CT molecular complexity index is 435. The number of esters is 1. The topological polar surface area (TPSA) is 46.6 Å². The van der Waals surface area contributed by atoms with Gasteiger partial charge in [0.05, 0.1) is 0 Å². The number of amides is 1. The fourth-order valence-electron chi connectivity index (χ4n) is 1.57. The van der Waals surface area contributed by atoms with Crippen molar-refractivity contribution in [3.8, 4) is 0 Å². The zero-order valence-electron chi connectivity index (χ0n) is 13.7. The quantitative estimate of drug-likeness (QED) is 0.372. The maximum Gasteiger partial charge on any atom is 0.333 e. The lowest BCUT2D eigenvalue weighted by molar-refractivity contribution is -0.146. The summed E-state index contributed by atoms with van der Waals surface area (Å²) in [5, 5.41) is 0. The largest absolute Gasteiger partial charge is 0.459 e. The summed E-state index contributed by atoms with van der Waals surface area (Å²) >= 11 is 0. The second-order valence-corrected chi connectivity index (χ2v) is 5.56. The SMILES string of the molecule is C=C(C)C(=C)CCC(CCC(=O)N(C)C)OC(=O)C(=C)C. The zero-order valence-corrected chi connectivity index (χ0v) is 13.7. The van der Waals surface area contributed by atoms with Crippen LogP contribution in [0.4, 0.5) is 0 Å². The van der Waals surface area contributed by atoms with Gasteiger partial charge in [0, 0.05) is 26.1 Å². The molecule has 0 aliphatic carbocycles. The van der Waals surface area contributed by atoms with Gasteiger partial charge in [-0.25, -0.2) is 4.79 Å². The fourth-order valence-corrected chi connectivity index (χ4v) is 1.57. The van der Waals surface area contributed by atoms with Crippen molar-refractivity contribution in [3.63, 3.8) is 0 Å². The van der Waals surface area contributed by atoms with Crippen LogP contribution in [-0.2, 0) is 14.3 Å². The highest BCUT2D eigenvalue weighted by Gasteiger charge is 2.17. The number of carbonyl (C=O) groups excluding carboxylic acids is 2. The van der Waals surface area contributed by atoms with Crippen LogP contribution in [0, 0.1) is 0 Å². The van der Waals surface area contributed by atoms with Crippen LogP contribution in [0.5, 0.6) is 0 Å². The van der Waals surface area contributed by atoms with E-state index in [1.54, 1.807) is 21.0 Å². The monoisotopic (exact) mass is 293 g/mol. The van der Waals surface area contributed by atoms with Crippen molar-refractivity contribution in [2.75, 3.05) is 14.1 Å². The molecule has 0 aromatic rings. The van der Waals surface area contributed by atoms with E-state index in [1.165, 1.54) is 4.90 Å². The Hall–Kier alpha value is -1.84. The lowest BCUT2D eigenvalue weighted by Crippen LogP contribution is -2.25. The number of nitrogens with zero attached hydrogens (tertiary/aromatic N) is 1. The average Bonchev–Trinajstić information content (AvgIpc) is 2.40. The average molecular weight is 293 g/mol. The predicted octanol–water partition coefficient (Wildman–Crippen LogP) is 3.26. The Kier molecular flexibility index (Phi) is 8.36. The van der Waals surface area contributed by atoms with Gasteiger partial charge in [-0.05, 0) is 33.1 Å². The standard InChI is InChI=1S/C17H27NO3/c1-12(2)14(5)8-9-15(21-17(20)13(3)4)10-11-16(19)18(6)7/h15H,1,3,5,8-11H2,2,4,6-7H3. The first-order chi connectivity index (χ1) is 9.65. The molecule has 0 heterocycles. The van der Waals surface area contributed by atoms with Gasteiger partial charge >= 0.3 is 5.97 Å². The van der Waals surface area contributed by atoms with Crippen LogP contribution < -0.4 is 0 Å². The van der Waals surface area contributed by atoms with Gasteiger partial charge in [-0.3, -0.25) is 4.79 Å². The maximum atomic E-state index is 11.7. The highest BCUT2D eigenvalue weighted by atomic mass is 16.5. The molecule has 0 radical (unpaired) electrons. The van der Waals surface area contributed by atoms with Gasteiger partial charge in [-0.15, -0.1) is 0 Å². The van der Waals surface area contributed by atoms with Gasteiger partial charge in [-0.1, -0.05) is 30.9 Å². The van der Waals surface area contributed by atoms with Crippen molar-refractivity contribution in [2.24, 2.45) is 0 Å². The Morgan fingerprint density at radius 2 is 1.52 bits per heavy atom. The molecule has 118 valence electrons. The smallest absolute Gasteiger partial charge is 0.333 e. The van der Waals surface area contributed by atoms with E-state index in [2.05, 4.69) is 19.7 Å². The summed E-state index contributed by atoms with van der Waals surface area (Å²) in [6.07, 6.45) is 1.86. The minimum Gasteiger partial charge on any atom is -0.459 e. The molecule has 4 heteroatoms. The van der Waals surface area contributed by atoms with Gasteiger partial charge in [0.2, 0.25) is 5.91 Å². The zero-order chi connectivity index (χ0) is 16.6. The summed E-state index contributed by atoms with van der Waals surface area (Å²) in [5.41, 5.74) is 2.22. The molecule has 0 saturated carbocycles. The fraction of sp³-hybridized carbons (Fsp3) is 0.529. The highest BCUT2D eigenvalue weighted by Crippen LogP contribution is 2.18. The Morgan fingerprint density at radius 1 is 1.00 bits per heavy atom. The normalized spacial score (nSPS) is 11.4. The number of rotatable bonds is 9. The predicted molar refractivity (Wildman–Crippen MR) is 85.8 cm³/mol. The Balaban J connectivity index is 4.57. The van der Waals surface area contributed by atoms with E-state index >= 15 is 0 Å². The molecule has 1 amide bonds. The molecule has 0 bridgehead atoms. The second kappa shape index (κ2) is 9.16. The number of ether oxygens (including phenoxy) is 1. The minimum absolute atomic E-state index is 0.0186. The van der Waals surface area contributed by atoms with Crippen LogP contribution in [0.3, 0.4) is 0 Å². The molecular formula is C17H27NO3. The van der Waals surface area contributed by atoms with E-state index in [0.29, 0.717) is 31.3 Å². The Morgan fingerprint density at radius 3 is 1.95 bits per heavy atom. The van der Waals surface area contributed by atoms with Crippen LogP contribution in [0.15, 0.2) is 36.5 Å². The summed E-state index contributed by atoms with van der Waals surface area (Å²) in [5.74, 6) is -0.400. The number of hydrogen-bond acceptors (Lipinski definition) is 3. The van der Waals surface area contributed by atoms with E-state index in [-0.39, 0.29) is 12.0 Å². The third kappa shape index (κ3) is 8.12. The maximum absolute atomic E-state index is 11.7. The van der Waals surface area contributed by atoms with Crippen LogP contribution in [0.25, 0.3) is 0 Å². The van der Waals surface area contributed by atoms with Gasteiger partial charge in [0.25, 0.3) is 0 Å². The number of hydrogen-bond donors (Lipinski definition) is 0. The lowest BCUT2D eigenvalue weighted by Gasteiger charge is -2.19. The second-order valence-electron chi connectivity index (χ2n) is 5.56. The van der Waals surface area contributed by atoms with Crippen LogP contribution in [0.1, 0.15) is 39.5 Å². The number of allylic oxidation sites excluding steroid dienone is 2. The van der Waals surface area contributed by atoms with E-state index < -0.39 is 5.97 Å². The molecular weight excluding hydrogens is 266 g/mol. The third-order valence-corrected chi connectivity index (χ3v) is 3.17. The first kappa shape index (κ1) is 19.2. The van der Waals surface area contributed by atoms with Gasteiger partial charge in [0.1, 0.15) is 6.10 Å². The lowest BCUT2D eigenvalue weighted by atomic mass is 10.0.